The monoisotopic (exact) mass is 463 g/mol. The van der Waals surface area contributed by atoms with Crippen LogP contribution in [0.1, 0.15) is 35.6 Å². The summed E-state index contributed by atoms with van der Waals surface area (Å²) >= 11 is 1.57. The highest BCUT2D eigenvalue weighted by atomic mass is 32.1. The molecule has 0 radical (unpaired) electrons. The molecule has 2 aliphatic rings. The van der Waals surface area contributed by atoms with Gasteiger partial charge in [-0.1, -0.05) is 24.3 Å². The molecule has 0 saturated heterocycles. The van der Waals surface area contributed by atoms with Gasteiger partial charge in [0.2, 0.25) is 0 Å². The zero-order chi connectivity index (χ0) is 23.0. The number of methoxy groups -OCH3 is 1. The minimum Gasteiger partial charge on any atom is -0.466 e. The van der Waals surface area contributed by atoms with Gasteiger partial charge in [-0.25, -0.2) is 4.79 Å². The molecule has 1 N–H and O–H groups in total. The average Bonchev–Trinajstić information content (AvgIpc) is 3.26. The molecule has 5 nitrogen and oxygen atoms in total. The maximum atomic E-state index is 13.3. The molecule has 0 saturated carbocycles. The Labute approximate surface area is 186 Å². The van der Waals surface area contributed by atoms with E-state index in [4.69, 9.17) is 4.74 Å². The van der Waals surface area contributed by atoms with Gasteiger partial charge in [-0.2, -0.15) is 0 Å². The smallest absolute Gasteiger partial charge is 0.466 e. The number of Topliss-reactive ketones (excluding diaryl/α,β-unsaturated/α-hetero) is 1. The Kier molecular flexibility index (Phi) is 5.85. The van der Waals surface area contributed by atoms with Crippen LogP contribution in [-0.2, 0) is 14.3 Å². The van der Waals surface area contributed by atoms with Gasteiger partial charge in [0.15, 0.2) is 0 Å². The van der Waals surface area contributed by atoms with Gasteiger partial charge in [0.1, 0.15) is 11.5 Å². The largest absolute Gasteiger partial charge is 0.573 e. The molecule has 3 atom stereocenters. The molecule has 1 aromatic heterocycles. The molecule has 1 aromatic carbocycles. The number of thiophene rings is 1. The van der Waals surface area contributed by atoms with Crippen molar-refractivity contribution in [2.75, 3.05) is 7.11 Å². The van der Waals surface area contributed by atoms with Crippen molar-refractivity contribution in [1.82, 2.24) is 5.32 Å². The Bertz CT molecular complexity index is 1090. The lowest BCUT2D eigenvalue weighted by Crippen LogP contribution is -2.41. The molecule has 1 aliphatic carbocycles. The molecule has 32 heavy (non-hydrogen) atoms. The first-order valence-corrected chi connectivity index (χ1v) is 10.8. The van der Waals surface area contributed by atoms with Gasteiger partial charge in [-0.15, -0.1) is 24.5 Å². The highest BCUT2D eigenvalue weighted by Gasteiger charge is 2.45. The summed E-state index contributed by atoms with van der Waals surface area (Å²) in [5.74, 6) is -2.45. The Morgan fingerprint density at radius 2 is 1.88 bits per heavy atom. The minimum absolute atomic E-state index is 0.0529. The van der Waals surface area contributed by atoms with Crippen LogP contribution in [0.5, 0.6) is 5.75 Å². The van der Waals surface area contributed by atoms with Crippen LogP contribution in [0.15, 0.2) is 64.8 Å². The van der Waals surface area contributed by atoms with E-state index in [1.807, 2.05) is 23.6 Å². The number of carbonyl (C=O) groups is 2. The molecule has 1 aliphatic heterocycles. The molecular formula is C23H20F3NO4S. The summed E-state index contributed by atoms with van der Waals surface area (Å²) in [4.78, 5) is 27.0. The summed E-state index contributed by atoms with van der Waals surface area (Å²) in [6, 6.07) is 9.16. The average molecular weight is 463 g/mol. The number of halogens is 3. The highest BCUT2D eigenvalue weighted by Crippen LogP contribution is 2.46. The number of allylic oxidation sites excluding steroid dienone is 3. The lowest BCUT2D eigenvalue weighted by atomic mass is 9.69. The van der Waals surface area contributed by atoms with Crippen molar-refractivity contribution in [2.45, 2.75) is 31.5 Å². The standard InChI is InChI=1S/C23H20F3NO4S/c1-12-19(22(29)30-2)20(13-5-7-15(8-6-13)31-23(24,25)26)21-16(27-12)10-14(11-17(21)28)18-4-3-9-32-18/h3-10,14,20-21,27H,11H2,1-2H3. The summed E-state index contributed by atoms with van der Waals surface area (Å²) in [5, 5.41) is 5.15. The Hall–Kier alpha value is -3.07. The molecular weight excluding hydrogens is 443 g/mol. The molecule has 4 rings (SSSR count). The van der Waals surface area contributed by atoms with E-state index in [-0.39, 0.29) is 29.4 Å². The number of carbonyl (C=O) groups excluding carboxylic acids is 2. The first-order valence-electron chi connectivity index (χ1n) is 9.87. The number of hydrogen-bond acceptors (Lipinski definition) is 6. The third-order valence-electron chi connectivity index (χ3n) is 5.65. The summed E-state index contributed by atoms with van der Waals surface area (Å²) in [6.45, 7) is 1.72. The summed E-state index contributed by atoms with van der Waals surface area (Å²) in [5.41, 5.74) is 2.03. The number of esters is 1. The SMILES string of the molecule is COC(=O)C1=C(C)NC2=CC(c3cccs3)CC(=O)C2C1c1ccc(OC(F)(F)F)cc1. The van der Waals surface area contributed by atoms with E-state index < -0.39 is 24.2 Å². The van der Waals surface area contributed by atoms with Crippen molar-refractivity contribution >= 4 is 23.1 Å². The van der Waals surface area contributed by atoms with Crippen LogP contribution in [0, 0.1) is 5.92 Å². The van der Waals surface area contributed by atoms with Crippen LogP contribution in [0.3, 0.4) is 0 Å². The number of nitrogens with one attached hydrogen (secondary N) is 1. The zero-order valence-electron chi connectivity index (χ0n) is 17.2. The van der Waals surface area contributed by atoms with Gasteiger partial charge >= 0.3 is 12.3 Å². The molecule has 0 amide bonds. The van der Waals surface area contributed by atoms with E-state index in [0.29, 0.717) is 17.0 Å². The van der Waals surface area contributed by atoms with Crippen molar-refractivity contribution in [3.05, 3.63) is 75.3 Å². The lowest BCUT2D eigenvalue weighted by molar-refractivity contribution is -0.274. The van der Waals surface area contributed by atoms with Gasteiger partial charge in [-0.3, -0.25) is 4.79 Å². The molecule has 0 fully saturated rings. The quantitative estimate of drug-likeness (QED) is 0.644. The van der Waals surface area contributed by atoms with Crippen molar-refractivity contribution in [1.29, 1.82) is 0 Å². The van der Waals surface area contributed by atoms with Gasteiger partial charge in [0.25, 0.3) is 0 Å². The van der Waals surface area contributed by atoms with E-state index in [1.54, 1.807) is 18.3 Å². The van der Waals surface area contributed by atoms with E-state index >= 15 is 0 Å². The van der Waals surface area contributed by atoms with Gasteiger partial charge < -0.3 is 14.8 Å². The number of rotatable bonds is 4. The van der Waals surface area contributed by atoms with Crippen molar-refractivity contribution in [2.24, 2.45) is 5.92 Å². The Morgan fingerprint density at radius 1 is 1.16 bits per heavy atom. The lowest BCUT2D eigenvalue weighted by Gasteiger charge is -2.39. The van der Waals surface area contributed by atoms with Crippen LogP contribution in [0.4, 0.5) is 13.2 Å². The third kappa shape index (κ3) is 4.29. The second kappa shape index (κ2) is 8.46. The molecule has 0 spiro atoms. The number of benzene rings is 1. The summed E-state index contributed by atoms with van der Waals surface area (Å²) in [6.07, 6.45) is -2.53. The minimum atomic E-state index is -4.81. The summed E-state index contributed by atoms with van der Waals surface area (Å²) < 4.78 is 46.5. The second-order valence-electron chi connectivity index (χ2n) is 7.64. The van der Waals surface area contributed by atoms with E-state index in [9.17, 15) is 22.8 Å². The number of hydrogen-bond donors (Lipinski definition) is 1. The predicted molar refractivity (Wildman–Crippen MR) is 112 cm³/mol. The van der Waals surface area contributed by atoms with Crippen LogP contribution in [0.25, 0.3) is 0 Å². The topological polar surface area (TPSA) is 64.6 Å². The second-order valence-corrected chi connectivity index (χ2v) is 8.62. The van der Waals surface area contributed by atoms with Gasteiger partial charge in [0.05, 0.1) is 18.6 Å². The van der Waals surface area contributed by atoms with Gasteiger partial charge in [0, 0.05) is 34.5 Å². The number of ether oxygens (including phenoxy) is 2. The third-order valence-corrected chi connectivity index (χ3v) is 6.65. The maximum absolute atomic E-state index is 13.3. The molecule has 2 aromatic rings. The first kappa shape index (κ1) is 22.1. The maximum Gasteiger partial charge on any atom is 0.573 e. The van der Waals surface area contributed by atoms with Crippen LogP contribution in [0.2, 0.25) is 0 Å². The highest BCUT2D eigenvalue weighted by molar-refractivity contribution is 7.10. The van der Waals surface area contributed by atoms with Crippen molar-refractivity contribution in [3.63, 3.8) is 0 Å². The van der Waals surface area contributed by atoms with Gasteiger partial charge in [-0.05, 0) is 36.1 Å². The fraction of sp³-hybridized carbons (Fsp3) is 0.304. The predicted octanol–water partition coefficient (Wildman–Crippen LogP) is 5.04. The zero-order valence-corrected chi connectivity index (χ0v) is 18.0. The fourth-order valence-electron chi connectivity index (χ4n) is 4.38. The van der Waals surface area contributed by atoms with Crippen LogP contribution < -0.4 is 10.1 Å². The van der Waals surface area contributed by atoms with Crippen LogP contribution >= 0.6 is 11.3 Å². The first-order chi connectivity index (χ1) is 15.2. The summed E-state index contributed by atoms with van der Waals surface area (Å²) in [7, 11) is 1.25. The van der Waals surface area contributed by atoms with E-state index in [2.05, 4.69) is 10.1 Å². The number of fused-ring (bicyclic) bond motifs is 1. The molecule has 9 heteroatoms. The van der Waals surface area contributed by atoms with Crippen molar-refractivity contribution < 1.29 is 32.2 Å². The Balaban J connectivity index is 1.77. The molecule has 2 heterocycles. The molecule has 168 valence electrons. The molecule has 3 unspecified atom stereocenters. The number of ketones is 1. The normalized spacial score (nSPS) is 23.2. The Morgan fingerprint density at radius 3 is 2.47 bits per heavy atom. The molecule has 0 bridgehead atoms. The van der Waals surface area contributed by atoms with Crippen LogP contribution in [-0.4, -0.2) is 25.2 Å². The number of alkyl halides is 3. The van der Waals surface area contributed by atoms with E-state index in [0.717, 1.165) is 4.88 Å². The van der Waals surface area contributed by atoms with Crippen molar-refractivity contribution in [3.8, 4) is 5.75 Å². The fourth-order valence-corrected chi connectivity index (χ4v) is 5.17. The van der Waals surface area contributed by atoms with E-state index in [1.165, 1.54) is 31.4 Å².